The number of thioether (sulfide) groups is 1. The number of hydrogen-bond donors (Lipinski definition) is 1. The summed E-state index contributed by atoms with van der Waals surface area (Å²) in [6.45, 7) is 0. The number of amides is 1. The largest absolute Gasteiger partial charge is 0.323 e. The molecule has 0 aromatic heterocycles. The lowest BCUT2D eigenvalue weighted by Gasteiger charge is -2.05. The molecule has 0 radical (unpaired) electrons. The Morgan fingerprint density at radius 1 is 1.64 bits per heavy atom. The molecule has 0 fully saturated rings. The van der Waals surface area contributed by atoms with Crippen LogP contribution < -0.4 is 5.32 Å². The summed E-state index contributed by atoms with van der Waals surface area (Å²) in [5, 5.41) is 2.83. The van der Waals surface area contributed by atoms with E-state index >= 15 is 0 Å². The van der Waals surface area contributed by atoms with Crippen molar-refractivity contribution in [3.05, 3.63) is 29.0 Å². The van der Waals surface area contributed by atoms with E-state index in [2.05, 4.69) is 5.32 Å². The second kappa shape index (κ2) is 5.22. The van der Waals surface area contributed by atoms with E-state index in [9.17, 15) is 9.18 Å². The molecule has 1 aromatic rings. The maximum atomic E-state index is 13.1. The van der Waals surface area contributed by atoms with Gasteiger partial charge in [-0.3, -0.25) is 4.79 Å². The molecule has 0 atom stereocenters. The first-order chi connectivity index (χ1) is 6.63. The van der Waals surface area contributed by atoms with Gasteiger partial charge in [0.15, 0.2) is 0 Å². The maximum absolute atomic E-state index is 13.1. The zero-order chi connectivity index (χ0) is 10.6. The molecule has 0 bridgehead atoms. The van der Waals surface area contributed by atoms with Crippen molar-refractivity contribution >= 4 is 35.0 Å². The van der Waals surface area contributed by atoms with Crippen molar-refractivity contribution in [3.8, 4) is 0 Å². The number of benzene rings is 1. The molecule has 14 heavy (non-hydrogen) atoms. The molecule has 2 nitrogen and oxygen atoms in total. The zero-order valence-corrected chi connectivity index (χ0v) is 9.08. The van der Waals surface area contributed by atoms with Crippen molar-refractivity contribution in [2.45, 2.75) is 0 Å². The molecule has 1 amide bonds. The van der Waals surface area contributed by atoms with E-state index in [1.165, 1.54) is 30.0 Å². The summed E-state index contributed by atoms with van der Waals surface area (Å²) in [5.74, 6) is -0.422. The number of nitrogens with one attached hydrogen (secondary N) is 1. The van der Waals surface area contributed by atoms with E-state index in [0.29, 0.717) is 10.8 Å². The van der Waals surface area contributed by atoms with Gasteiger partial charge in [0, 0.05) is 5.02 Å². The van der Waals surface area contributed by atoms with Crippen LogP contribution in [0.1, 0.15) is 0 Å². The van der Waals surface area contributed by atoms with Gasteiger partial charge in [0.05, 0.1) is 11.4 Å². The Kier molecular flexibility index (Phi) is 4.22. The van der Waals surface area contributed by atoms with Crippen molar-refractivity contribution < 1.29 is 9.18 Å². The van der Waals surface area contributed by atoms with Crippen LogP contribution in [-0.4, -0.2) is 17.9 Å². The van der Waals surface area contributed by atoms with Gasteiger partial charge in [0.1, 0.15) is 5.82 Å². The van der Waals surface area contributed by atoms with Crippen LogP contribution in [0.25, 0.3) is 0 Å². The Bertz CT molecular complexity index is 346. The summed E-state index contributed by atoms with van der Waals surface area (Å²) in [6.07, 6.45) is 1.80. The van der Waals surface area contributed by atoms with Gasteiger partial charge in [0.2, 0.25) is 5.91 Å². The summed E-state index contributed by atoms with van der Waals surface area (Å²) in [4.78, 5) is 11.1. The van der Waals surface area contributed by atoms with Crippen molar-refractivity contribution in [2.75, 3.05) is 17.3 Å². The molecule has 1 rings (SSSR count). The Labute approximate surface area is 90.8 Å². The molecule has 0 spiro atoms. The molecule has 0 unspecified atom stereocenters. The van der Waals surface area contributed by atoms with Crippen molar-refractivity contribution in [3.63, 3.8) is 0 Å². The van der Waals surface area contributed by atoms with Gasteiger partial charge in [-0.05, 0) is 24.5 Å². The van der Waals surface area contributed by atoms with Crippen LogP contribution in [-0.2, 0) is 4.79 Å². The lowest BCUT2D eigenvalue weighted by molar-refractivity contribution is -0.113. The SMILES string of the molecule is CSCC(=O)Nc1cc(Cl)ccc1F. The number of anilines is 1. The Morgan fingerprint density at radius 3 is 3.00 bits per heavy atom. The minimum atomic E-state index is -0.483. The van der Waals surface area contributed by atoms with Gasteiger partial charge in [0.25, 0.3) is 0 Å². The minimum Gasteiger partial charge on any atom is -0.323 e. The standard InChI is InChI=1S/C9H9ClFNOS/c1-14-5-9(13)12-8-4-6(10)2-3-7(8)11/h2-4H,5H2,1H3,(H,12,13). The molecule has 0 heterocycles. The first-order valence-electron chi connectivity index (χ1n) is 3.87. The first kappa shape index (κ1) is 11.3. The van der Waals surface area contributed by atoms with Crippen molar-refractivity contribution in [2.24, 2.45) is 0 Å². The molecular weight excluding hydrogens is 225 g/mol. The monoisotopic (exact) mass is 233 g/mol. The molecule has 0 saturated carbocycles. The van der Waals surface area contributed by atoms with Crippen LogP contribution in [0.3, 0.4) is 0 Å². The zero-order valence-electron chi connectivity index (χ0n) is 7.51. The predicted octanol–water partition coefficient (Wildman–Crippen LogP) is 2.78. The summed E-state index contributed by atoms with van der Waals surface area (Å²) >= 11 is 7.03. The molecular formula is C9H9ClFNOS. The number of hydrogen-bond acceptors (Lipinski definition) is 2. The highest BCUT2D eigenvalue weighted by molar-refractivity contribution is 7.99. The second-order valence-corrected chi connectivity index (χ2v) is 3.91. The minimum absolute atomic E-state index is 0.122. The Hall–Kier alpha value is -0.740. The smallest absolute Gasteiger partial charge is 0.234 e. The summed E-state index contributed by atoms with van der Waals surface area (Å²) < 4.78 is 13.1. The Balaban J connectivity index is 2.75. The second-order valence-electron chi connectivity index (χ2n) is 2.61. The highest BCUT2D eigenvalue weighted by atomic mass is 35.5. The Morgan fingerprint density at radius 2 is 2.36 bits per heavy atom. The van der Waals surface area contributed by atoms with Crippen LogP contribution in [0, 0.1) is 5.82 Å². The first-order valence-corrected chi connectivity index (χ1v) is 5.64. The molecule has 76 valence electrons. The molecule has 0 aliphatic rings. The van der Waals surface area contributed by atoms with Crippen LogP contribution in [0.2, 0.25) is 5.02 Å². The fourth-order valence-corrected chi connectivity index (χ4v) is 1.42. The number of rotatable bonds is 3. The third kappa shape index (κ3) is 3.20. The molecule has 5 heteroatoms. The fraction of sp³-hybridized carbons (Fsp3) is 0.222. The topological polar surface area (TPSA) is 29.1 Å². The van der Waals surface area contributed by atoms with E-state index in [0.717, 1.165) is 0 Å². The van der Waals surface area contributed by atoms with Crippen LogP contribution in [0.15, 0.2) is 18.2 Å². The summed E-state index contributed by atoms with van der Waals surface area (Å²) in [6, 6.07) is 4.03. The lowest BCUT2D eigenvalue weighted by Crippen LogP contribution is -2.14. The lowest BCUT2D eigenvalue weighted by atomic mass is 10.3. The van der Waals surface area contributed by atoms with Gasteiger partial charge >= 0.3 is 0 Å². The van der Waals surface area contributed by atoms with Crippen LogP contribution in [0.5, 0.6) is 0 Å². The van der Waals surface area contributed by atoms with E-state index in [4.69, 9.17) is 11.6 Å². The van der Waals surface area contributed by atoms with E-state index in [1.807, 2.05) is 0 Å². The van der Waals surface area contributed by atoms with Gasteiger partial charge in [-0.1, -0.05) is 11.6 Å². The third-order valence-electron chi connectivity index (χ3n) is 1.48. The molecule has 0 aliphatic carbocycles. The number of halogens is 2. The van der Waals surface area contributed by atoms with Crippen LogP contribution >= 0.6 is 23.4 Å². The van der Waals surface area contributed by atoms with Crippen LogP contribution in [0.4, 0.5) is 10.1 Å². The summed E-state index contributed by atoms with van der Waals surface area (Å²) in [5.41, 5.74) is 0.122. The maximum Gasteiger partial charge on any atom is 0.234 e. The fourth-order valence-electron chi connectivity index (χ4n) is 0.911. The van der Waals surface area contributed by atoms with Gasteiger partial charge < -0.3 is 5.32 Å². The van der Waals surface area contributed by atoms with Gasteiger partial charge in [-0.25, -0.2) is 4.39 Å². The average Bonchev–Trinajstić information content (AvgIpc) is 2.12. The van der Waals surface area contributed by atoms with E-state index in [-0.39, 0.29) is 11.6 Å². The van der Waals surface area contributed by atoms with Gasteiger partial charge in [-0.2, -0.15) is 11.8 Å². The highest BCUT2D eigenvalue weighted by Gasteiger charge is 2.06. The highest BCUT2D eigenvalue weighted by Crippen LogP contribution is 2.19. The summed E-state index contributed by atoms with van der Waals surface area (Å²) in [7, 11) is 0. The predicted molar refractivity (Wildman–Crippen MR) is 58.4 cm³/mol. The number of carbonyl (C=O) groups excluding carboxylic acids is 1. The normalized spacial score (nSPS) is 9.93. The quantitative estimate of drug-likeness (QED) is 0.870. The van der Waals surface area contributed by atoms with E-state index in [1.54, 1.807) is 6.26 Å². The molecule has 1 aromatic carbocycles. The number of carbonyl (C=O) groups is 1. The average molecular weight is 234 g/mol. The third-order valence-corrected chi connectivity index (χ3v) is 2.26. The molecule has 0 aliphatic heterocycles. The van der Waals surface area contributed by atoms with Gasteiger partial charge in [-0.15, -0.1) is 0 Å². The molecule has 1 N–H and O–H groups in total. The van der Waals surface area contributed by atoms with Crippen molar-refractivity contribution in [1.29, 1.82) is 0 Å². The van der Waals surface area contributed by atoms with E-state index < -0.39 is 5.82 Å². The molecule has 0 saturated heterocycles. The van der Waals surface area contributed by atoms with Crippen molar-refractivity contribution in [1.82, 2.24) is 0 Å².